The predicted octanol–water partition coefficient (Wildman–Crippen LogP) is 2.59. The first kappa shape index (κ1) is 10.3. The molecular weight excluding hydrogens is 232 g/mol. The minimum absolute atomic E-state index is 0.822. The zero-order valence-electron chi connectivity index (χ0n) is 9.64. The molecule has 0 spiro atoms. The van der Waals surface area contributed by atoms with E-state index in [1.165, 1.54) is 5.56 Å². The van der Waals surface area contributed by atoms with Crippen LogP contribution in [0.25, 0.3) is 21.7 Å². The molecule has 0 unspecified atom stereocenters. The van der Waals surface area contributed by atoms with Gasteiger partial charge in [0.15, 0.2) is 5.82 Å². The standard InChI is InChI=1S/C12H12N4S/c1-7-5-10(13)17-11(7)12-15-8-6-14-4-3-9(8)16(12)2/h3-6H,13H2,1-2H3. The first-order valence-electron chi connectivity index (χ1n) is 5.29. The molecule has 0 saturated heterocycles. The molecule has 0 fully saturated rings. The van der Waals surface area contributed by atoms with Crippen LogP contribution in [-0.4, -0.2) is 14.5 Å². The summed E-state index contributed by atoms with van der Waals surface area (Å²) < 4.78 is 2.08. The number of fused-ring (bicyclic) bond motifs is 1. The Morgan fingerprint density at radius 2 is 2.24 bits per heavy atom. The van der Waals surface area contributed by atoms with E-state index in [2.05, 4.69) is 21.5 Å². The molecule has 3 aromatic rings. The lowest BCUT2D eigenvalue weighted by Gasteiger charge is -2.00. The van der Waals surface area contributed by atoms with Crippen LogP contribution in [0.2, 0.25) is 0 Å². The largest absolute Gasteiger partial charge is 0.391 e. The molecule has 5 heteroatoms. The number of aryl methyl sites for hydroxylation is 2. The topological polar surface area (TPSA) is 56.7 Å². The Kier molecular flexibility index (Phi) is 2.16. The van der Waals surface area contributed by atoms with E-state index in [4.69, 9.17) is 5.73 Å². The number of rotatable bonds is 1. The van der Waals surface area contributed by atoms with Crippen molar-refractivity contribution in [3.8, 4) is 10.7 Å². The fraction of sp³-hybridized carbons (Fsp3) is 0.167. The predicted molar refractivity (Wildman–Crippen MR) is 71.0 cm³/mol. The normalized spacial score (nSPS) is 11.2. The second-order valence-corrected chi connectivity index (χ2v) is 5.10. The number of thiophene rings is 1. The molecule has 0 atom stereocenters. The second-order valence-electron chi connectivity index (χ2n) is 4.02. The maximum absolute atomic E-state index is 5.83. The number of nitrogens with two attached hydrogens (primary N) is 1. The van der Waals surface area contributed by atoms with Gasteiger partial charge in [0.05, 0.1) is 21.6 Å². The zero-order chi connectivity index (χ0) is 12.0. The Balaban J connectivity index is 2.31. The van der Waals surface area contributed by atoms with Crippen molar-refractivity contribution in [2.24, 2.45) is 7.05 Å². The van der Waals surface area contributed by atoms with Crippen molar-refractivity contribution in [2.75, 3.05) is 5.73 Å². The molecular formula is C12H12N4S. The minimum atomic E-state index is 0.822. The lowest BCUT2D eigenvalue weighted by Crippen LogP contribution is -1.91. The summed E-state index contributed by atoms with van der Waals surface area (Å²) in [6, 6.07) is 3.95. The van der Waals surface area contributed by atoms with Crippen LogP contribution in [0, 0.1) is 6.92 Å². The first-order chi connectivity index (χ1) is 8.16. The number of hydrogen-bond donors (Lipinski definition) is 1. The third kappa shape index (κ3) is 1.51. The number of anilines is 1. The van der Waals surface area contributed by atoms with Gasteiger partial charge in [0.1, 0.15) is 5.52 Å². The highest BCUT2D eigenvalue weighted by Gasteiger charge is 2.14. The van der Waals surface area contributed by atoms with E-state index in [1.807, 2.05) is 19.2 Å². The van der Waals surface area contributed by atoms with Gasteiger partial charge in [-0.15, -0.1) is 11.3 Å². The summed E-state index contributed by atoms with van der Waals surface area (Å²) in [6.45, 7) is 2.06. The monoisotopic (exact) mass is 244 g/mol. The third-order valence-electron chi connectivity index (χ3n) is 2.82. The van der Waals surface area contributed by atoms with Crippen molar-refractivity contribution in [1.29, 1.82) is 0 Å². The van der Waals surface area contributed by atoms with E-state index in [-0.39, 0.29) is 0 Å². The number of aromatic nitrogens is 3. The molecule has 0 aliphatic rings. The summed E-state index contributed by atoms with van der Waals surface area (Å²) in [5, 5.41) is 0.822. The highest BCUT2D eigenvalue weighted by molar-refractivity contribution is 7.19. The van der Waals surface area contributed by atoms with Gasteiger partial charge in [-0.05, 0) is 24.6 Å². The van der Waals surface area contributed by atoms with Gasteiger partial charge < -0.3 is 10.3 Å². The van der Waals surface area contributed by atoms with Crippen molar-refractivity contribution in [1.82, 2.24) is 14.5 Å². The molecule has 0 bridgehead atoms. The van der Waals surface area contributed by atoms with Crippen LogP contribution in [0.5, 0.6) is 0 Å². The van der Waals surface area contributed by atoms with Crippen molar-refractivity contribution in [2.45, 2.75) is 6.92 Å². The van der Waals surface area contributed by atoms with Gasteiger partial charge in [-0.1, -0.05) is 0 Å². The number of hydrogen-bond acceptors (Lipinski definition) is 4. The molecule has 0 aliphatic carbocycles. The molecule has 2 N–H and O–H groups in total. The maximum atomic E-state index is 5.83. The smallest absolute Gasteiger partial charge is 0.151 e. The van der Waals surface area contributed by atoms with Crippen LogP contribution in [0.15, 0.2) is 24.5 Å². The van der Waals surface area contributed by atoms with Gasteiger partial charge >= 0.3 is 0 Å². The Morgan fingerprint density at radius 3 is 2.88 bits per heavy atom. The molecule has 17 heavy (non-hydrogen) atoms. The molecule has 0 aliphatic heterocycles. The van der Waals surface area contributed by atoms with Crippen LogP contribution < -0.4 is 5.73 Å². The first-order valence-corrected chi connectivity index (χ1v) is 6.11. The van der Waals surface area contributed by atoms with Gasteiger partial charge in [0.25, 0.3) is 0 Å². The van der Waals surface area contributed by atoms with Crippen LogP contribution in [-0.2, 0) is 7.05 Å². The molecule has 0 radical (unpaired) electrons. The van der Waals surface area contributed by atoms with E-state index in [1.54, 1.807) is 23.7 Å². The average Bonchev–Trinajstić information content (AvgIpc) is 2.80. The van der Waals surface area contributed by atoms with Crippen LogP contribution >= 0.6 is 11.3 Å². The summed E-state index contributed by atoms with van der Waals surface area (Å²) >= 11 is 1.57. The van der Waals surface area contributed by atoms with Crippen molar-refractivity contribution >= 4 is 27.4 Å². The Labute approximate surface area is 103 Å². The summed E-state index contributed by atoms with van der Waals surface area (Å²) in [5.41, 5.74) is 8.99. The summed E-state index contributed by atoms with van der Waals surface area (Å²) in [6.07, 6.45) is 3.56. The molecule has 3 heterocycles. The minimum Gasteiger partial charge on any atom is -0.391 e. The van der Waals surface area contributed by atoms with Crippen LogP contribution in [0.1, 0.15) is 5.56 Å². The number of nitrogen functional groups attached to an aromatic ring is 1. The van der Waals surface area contributed by atoms with Gasteiger partial charge in [-0.3, -0.25) is 4.98 Å². The summed E-state index contributed by atoms with van der Waals surface area (Å²) in [5.74, 6) is 0.951. The Morgan fingerprint density at radius 1 is 1.41 bits per heavy atom. The van der Waals surface area contributed by atoms with Gasteiger partial charge in [0.2, 0.25) is 0 Å². The highest BCUT2D eigenvalue weighted by atomic mass is 32.1. The number of pyridine rings is 1. The van der Waals surface area contributed by atoms with Crippen molar-refractivity contribution in [3.63, 3.8) is 0 Å². The van der Waals surface area contributed by atoms with Gasteiger partial charge in [0, 0.05) is 13.2 Å². The van der Waals surface area contributed by atoms with Gasteiger partial charge in [-0.25, -0.2) is 4.98 Å². The highest BCUT2D eigenvalue weighted by Crippen LogP contribution is 2.34. The second kappa shape index (κ2) is 3.56. The Hall–Kier alpha value is -1.88. The third-order valence-corrected chi connectivity index (χ3v) is 3.89. The summed E-state index contributed by atoms with van der Waals surface area (Å²) in [7, 11) is 2.01. The van der Waals surface area contributed by atoms with E-state index in [9.17, 15) is 0 Å². The lowest BCUT2D eigenvalue weighted by atomic mass is 10.3. The number of imidazole rings is 1. The molecule has 86 valence electrons. The molecule has 0 saturated carbocycles. The molecule has 3 rings (SSSR count). The van der Waals surface area contributed by atoms with E-state index < -0.39 is 0 Å². The quantitative estimate of drug-likeness (QED) is 0.715. The van der Waals surface area contributed by atoms with Crippen molar-refractivity contribution < 1.29 is 0 Å². The van der Waals surface area contributed by atoms with E-state index in [0.717, 1.165) is 26.7 Å². The molecule has 0 amide bonds. The Bertz CT molecular complexity index is 696. The zero-order valence-corrected chi connectivity index (χ0v) is 10.5. The maximum Gasteiger partial charge on any atom is 0.151 e. The number of nitrogens with zero attached hydrogens (tertiary/aromatic N) is 3. The molecule has 3 aromatic heterocycles. The van der Waals surface area contributed by atoms with Crippen LogP contribution in [0.4, 0.5) is 5.00 Å². The molecule has 0 aromatic carbocycles. The summed E-state index contributed by atoms with van der Waals surface area (Å²) in [4.78, 5) is 9.83. The van der Waals surface area contributed by atoms with Crippen LogP contribution in [0.3, 0.4) is 0 Å². The fourth-order valence-corrected chi connectivity index (χ4v) is 2.95. The lowest BCUT2D eigenvalue weighted by molar-refractivity contribution is 0.961. The van der Waals surface area contributed by atoms with Crippen molar-refractivity contribution in [3.05, 3.63) is 30.1 Å². The van der Waals surface area contributed by atoms with Gasteiger partial charge in [-0.2, -0.15) is 0 Å². The van der Waals surface area contributed by atoms with E-state index >= 15 is 0 Å². The molecule has 4 nitrogen and oxygen atoms in total. The fourth-order valence-electron chi connectivity index (χ4n) is 1.98. The SMILES string of the molecule is Cc1cc(N)sc1-c1nc2cnccc2n1C. The average molecular weight is 244 g/mol. The van der Waals surface area contributed by atoms with E-state index in [0.29, 0.717) is 0 Å².